The minimum absolute atomic E-state index is 0.0136. The van der Waals surface area contributed by atoms with Crippen LogP contribution in [0, 0.1) is 5.41 Å². The Morgan fingerprint density at radius 3 is 2.27 bits per heavy atom. The molecule has 1 saturated carbocycles. The second-order valence-corrected chi connectivity index (χ2v) is 14.5. The van der Waals surface area contributed by atoms with Crippen molar-refractivity contribution in [3.63, 3.8) is 0 Å². The first-order valence-electron chi connectivity index (χ1n) is 18.5. The molecule has 14 nitrogen and oxygen atoms in total. The average molecular weight is 753 g/mol. The van der Waals surface area contributed by atoms with E-state index >= 15 is 0 Å². The molecular weight excluding hydrogens is 708 g/mol. The standard InChI is InChI=1S/C41H44N4O10/c1-4-11-55-40(49)45-31-20-36(34(51-3)18-29(31)38(47)44-24-41(9-10-41)21-32(44)39(45)48)54-15-13-52-12-14-53-35-19-30-28(17-33(35)50-2)37(46)43-23-26-8-6-5-7-25(26)16-27(43)22-42-30/h4-8,17-20,22,27,32,39,48H,1,9-16,21,23-24H2,2-3H3/t27-,32-,39-/m0/s1. The van der Waals surface area contributed by atoms with E-state index in [1.54, 1.807) is 17.0 Å². The first-order valence-corrected chi connectivity index (χ1v) is 18.5. The zero-order valence-electron chi connectivity index (χ0n) is 30.9. The Labute approximate surface area is 318 Å². The van der Waals surface area contributed by atoms with Gasteiger partial charge in [-0.3, -0.25) is 14.6 Å². The molecule has 0 unspecified atom stereocenters. The summed E-state index contributed by atoms with van der Waals surface area (Å²) in [5.74, 6) is 0.996. The van der Waals surface area contributed by atoms with Gasteiger partial charge in [-0.25, -0.2) is 9.69 Å². The zero-order chi connectivity index (χ0) is 38.3. The Kier molecular flexibility index (Phi) is 9.86. The molecule has 5 aliphatic rings. The maximum absolute atomic E-state index is 13.9. The maximum Gasteiger partial charge on any atom is 0.416 e. The van der Waals surface area contributed by atoms with Gasteiger partial charge in [0.05, 0.1) is 62.0 Å². The molecule has 3 aromatic carbocycles. The number of aliphatic hydroxyl groups is 1. The number of amides is 3. The number of ether oxygens (including phenoxy) is 6. The van der Waals surface area contributed by atoms with Crippen LogP contribution >= 0.6 is 0 Å². The lowest BCUT2D eigenvalue weighted by Gasteiger charge is -2.34. The van der Waals surface area contributed by atoms with Crippen molar-refractivity contribution in [1.29, 1.82) is 0 Å². The number of aliphatic hydroxyl groups excluding tert-OH is 1. The number of nitrogens with zero attached hydrogens (tertiary/aromatic N) is 4. The van der Waals surface area contributed by atoms with Crippen LogP contribution in [0.15, 0.2) is 66.2 Å². The van der Waals surface area contributed by atoms with Crippen molar-refractivity contribution in [2.45, 2.75) is 50.5 Å². The Morgan fingerprint density at radius 2 is 1.58 bits per heavy atom. The summed E-state index contributed by atoms with van der Waals surface area (Å²) in [6.07, 6.45) is 4.40. The zero-order valence-corrected chi connectivity index (χ0v) is 30.9. The Balaban J connectivity index is 0.903. The highest BCUT2D eigenvalue weighted by atomic mass is 16.6. The second kappa shape index (κ2) is 14.9. The number of hydrogen-bond donors (Lipinski definition) is 1. The van der Waals surface area contributed by atoms with Gasteiger partial charge in [0.2, 0.25) is 0 Å². The summed E-state index contributed by atoms with van der Waals surface area (Å²) in [6.45, 7) is 5.25. The summed E-state index contributed by atoms with van der Waals surface area (Å²) in [4.78, 5) is 50.3. The predicted molar refractivity (Wildman–Crippen MR) is 201 cm³/mol. The molecule has 2 fully saturated rings. The van der Waals surface area contributed by atoms with Gasteiger partial charge in [-0.15, -0.1) is 0 Å². The fraction of sp³-hybridized carbons (Fsp3) is 0.415. The van der Waals surface area contributed by atoms with E-state index in [-0.39, 0.29) is 73.3 Å². The van der Waals surface area contributed by atoms with Gasteiger partial charge in [-0.1, -0.05) is 36.9 Å². The smallest absolute Gasteiger partial charge is 0.416 e. The van der Waals surface area contributed by atoms with Gasteiger partial charge in [-0.2, -0.15) is 0 Å². The molecule has 8 rings (SSSR count). The summed E-state index contributed by atoms with van der Waals surface area (Å²) in [6, 6.07) is 13.9. The minimum Gasteiger partial charge on any atom is -0.493 e. The molecule has 4 aliphatic heterocycles. The third-order valence-electron chi connectivity index (χ3n) is 11.1. The molecule has 1 N–H and O–H groups in total. The molecule has 3 atom stereocenters. The minimum atomic E-state index is -1.32. The summed E-state index contributed by atoms with van der Waals surface area (Å²) in [5.41, 5.74) is 3.67. The van der Waals surface area contributed by atoms with Crippen molar-refractivity contribution in [2.75, 3.05) is 58.7 Å². The molecule has 0 radical (unpaired) electrons. The number of benzene rings is 3. The van der Waals surface area contributed by atoms with Crippen molar-refractivity contribution in [3.05, 3.63) is 83.4 Å². The summed E-state index contributed by atoms with van der Waals surface area (Å²) in [5, 5.41) is 11.6. The van der Waals surface area contributed by atoms with E-state index in [1.165, 1.54) is 38.0 Å². The van der Waals surface area contributed by atoms with E-state index in [1.807, 2.05) is 23.2 Å². The summed E-state index contributed by atoms with van der Waals surface area (Å²) < 4.78 is 34.4. The number of hydrogen-bond acceptors (Lipinski definition) is 11. The van der Waals surface area contributed by atoms with Gasteiger partial charge in [0.1, 0.15) is 19.8 Å². The van der Waals surface area contributed by atoms with Crippen LogP contribution in [-0.4, -0.2) is 111 Å². The highest BCUT2D eigenvalue weighted by Gasteiger charge is 2.58. The first kappa shape index (κ1) is 36.4. The lowest BCUT2D eigenvalue weighted by atomic mass is 9.94. The van der Waals surface area contributed by atoms with Crippen LogP contribution in [0.25, 0.3) is 0 Å². The molecule has 14 heteroatoms. The molecule has 1 spiro atoms. The van der Waals surface area contributed by atoms with Crippen LogP contribution < -0.4 is 23.8 Å². The molecule has 55 heavy (non-hydrogen) atoms. The van der Waals surface area contributed by atoms with Crippen LogP contribution in [0.3, 0.4) is 0 Å². The van der Waals surface area contributed by atoms with Gasteiger partial charge in [-0.05, 0) is 54.4 Å². The van der Waals surface area contributed by atoms with Crippen LogP contribution in [0.1, 0.15) is 51.1 Å². The Bertz CT molecular complexity index is 2050. The van der Waals surface area contributed by atoms with E-state index in [2.05, 4.69) is 23.7 Å². The van der Waals surface area contributed by atoms with Gasteiger partial charge in [0.15, 0.2) is 29.2 Å². The van der Waals surface area contributed by atoms with Crippen molar-refractivity contribution >= 4 is 35.5 Å². The van der Waals surface area contributed by atoms with Gasteiger partial charge < -0.3 is 43.3 Å². The lowest BCUT2D eigenvalue weighted by molar-refractivity contribution is 0.0496. The number of anilines is 1. The van der Waals surface area contributed by atoms with Crippen molar-refractivity contribution < 1.29 is 47.9 Å². The summed E-state index contributed by atoms with van der Waals surface area (Å²) >= 11 is 0. The number of rotatable bonds is 12. The van der Waals surface area contributed by atoms with Gasteiger partial charge >= 0.3 is 6.09 Å². The molecular formula is C41H44N4O10. The molecule has 3 amide bonds. The normalized spacial score (nSPS) is 21.4. The lowest BCUT2D eigenvalue weighted by Crippen LogP contribution is -2.50. The Morgan fingerprint density at radius 1 is 0.909 bits per heavy atom. The van der Waals surface area contributed by atoms with Crippen LogP contribution in [0.2, 0.25) is 0 Å². The molecule has 3 aromatic rings. The number of carbonyl (C=O) groups is 3. The van der Waals surface area contributed by atoms with Crippen LogP contribution in [0.4, 0.5) is 16.2 Å². The van der Waals surface area contributed by atoms with Crippen molar-refractivity contribution in [3.8, 4) is 23.0 Å². The monoisotopic (exact) mass is 752 g/mol. The third kappa shape index (κ3) is 6.84. The fourth-order valence-corrected chi connectivity index (χ4v) is 8.04. The van der Waals surface area contributed by atoms with Gasteiger partial charge in [0.25, 0.3) is 11.8 Å². The summed E-state index contributed by atoms with van der Waals surface area (Å²) in [7, 11) is 2.99. The van der Waals surface area contributed by atoms with Crippen molar-refractivity contribution in [2.24, 2.45) is 10.4 Å². The van der Waals surface area contributed by atoms with Crippen LogP contribution in [-0.2, 0) is 22.4 Å². The maximum atomic E-state index is 13.9. The van der Waals surface area contributed by atoms with E-state index in [4.69, 9.17) is 28.4 Å². The Hall–Kier alpha value is -5.60. The molecule has 1 saturated heterocycles. The first-order chi connectivity index (χ1) is 26.7. The largest absolute Gasteiger partial charge is 0.493 e. The molecule has 4 heterocycles. The fourth-order valence-electron chi connectivity index (χ4n) is 8.04. The second-order valence-electron chi connectivity index (χ2n) is 14.5. The SMILES string of the molecule is C=CCOC(=O)N1c2cc(OCCOCCOc3cc4c(cc3OC)C(=O)N3Cc5ccccc5C[C@H]3C=N4)c(OC)cc2C(=O)N2CC3(CC3)C[C@H]2[C@@H]1O. The molecule has 1 aliphatic carbocycles. The topological polar surface area (TPSA) is 149 Å². The van der Waals surface area contributed by atoms with E-state index in [0.29, 0.717) is 54.4 Å². The van der Waals surface area contributed by atoms with E-state index in [0.717, 1.165) is 23.3 Å². The number of methoxy groups -OCH3 is 2. The molecule has 0 bridgehead atoms. The predicted octanol–water partition coefficient (Wildman–Crippen LogP) is 4.92. The number of fused-ring (bicyclic) bond motifs is 5. The molecule has 288 valence electrons. The third-order valence-corrected chi connectivity index (χ3v) is 11.1. The van der Waals surface area contributed by atoms with Crippen molar-refractivity contribution in [1.82, 2.24) is 9.80 Å². The van der Waals surface area contributed by atoms with Gasteiger partial charge in [0, 0.05) is 31.4 Å². The van der Waals surface area contributed by atoms with E-state index in [9.17, 15) is 19.5 Å². The van der Waals surface area contributed by atoms with E-state index < -0.39 is 18.4 Å². The number of aliphatic imine (C=N–C) groups is 1. The number of carbonyl (C=O) groups excluding carboxylic acids is 3. The quantitative estimate of drug-likeness (QED) is 0.200. The highest BCUT2D eigenvalue weighted by Crippen LogP contribution is 2.57. The molecule has 0 aromatic heterocycles. The van der Waals surface area contributed by atoms with Crippen LogP contribution in [0.5, 0.6) is 23.0 Å². The highest BCUT2D eigenvalue weighted by molar-refractivity contribution is 6.06. The average Bonchev–Trinajstić information content (AvgIpc) is 3.89.